The lowest BCUT2D eigenvalue weighted by atomic mass is 9.85. The molecule has 0 aromatic heterocycles. The van der Waals surface area contributed by atoms with Crippen molar-refractivity contribution in [3.05, 3.63) is 99.4 Å². The van der Waals surface area contributed by atoms with Crippen molar-refractivity contribution in [3.63, 3.8) is 0 Å². The average molecular weight is 532 g/mol. The fourth-order valence-corrected chi connectivity index (χ4v) is 6.22. The number of likely N-dealkylation sites (tertiary alicyclic amines) is 1. The zero-order valence-electron chi connectivity index (χ0n) is 22.6. The molecule has 204 valence electrons. The molecule has 0 radical (unpaired) electrons. The van der Waals surface area contributed by atoms with Crippen molar-refractivity contribution < 1.29 is 23.4 Å². The summed E-state index contributed by atoms with van der Waals surface area (Å²) in [6, 6.07) is 17.1. The van der Waals surface area contributed by atoms with Crippen LogP contribution < -0.4 is 4.74 Å². The minimum absolute atomic E-state index is 0.161. The lowest BCUT2D eigenvalue weighted by molar-refractivity contribution is 0.0693. The van der Waals surface area contributed by atoms with Crippen LogP contribution in [0.5, 0.6) is 5.75 Å². The van der Waals surface area contributed by atoms with Crippen LogP contribution in [0.15, 0.2) is 54.6 Å². The highest BCUT2D eigenvalue weighted by Crippen LogP contribution is 2.44. The van der Waals surface area contributed by atoms with E-state index in [4.69, 9.17) is 4.74 Å². The molecule has 0 unspecified atom stereocenters. The Morgan fingerprint density at radius 2 is 1.79 bits per heavy atom. The van der Waals surface area contributed by atoms with E-state index in [0.29, 0.717) is 24.5 Å². The predicted octanol–water partition coefficient (Wildman–Crippen LogP) is 6.97. The molecule has 0 bridgehead atoms. The highest BCUT2D eigenvalue weighted by atomic mass is 19.1. The van der Waals surface area contributed by atoms with E-state index in [9.17, 15) is 18.7 Å². The molecule has 1 heterocycles. The molecule has 1 fully saturated rings. The second-order valence-corrected chi connectivity index (χ2v) is 10.7. The van der Waals surface area contributed by atoms with E-state index in [2.05, 4.69) is 29.2 Å². The number of nitrogens with zero attached hydrogens (tertiary/aromatic N) is 1. The molecule has 5 rings (SSSR count). The number of ether oxygens (including phenoxy) is 1. The summed E-state index contributed by atoms with van der Waals surface area (Å²) >= 11 is 0. The van der Waals surface area contributed by atoms with Crippen molar-refractivity contribution in [1.82, 2.24) is 4.90 Å². The Kier molecular flexibility index (Phi) is 8.12. The number of halogens is 2. The van der Waals surface area contributed by atoms with Gasteiger partial charge < -0.3 is 14.7 Å². The molecule has 6 heteroatoms. The monoisotopic (exact) mass is 531 g/mol. The van der Waals surface area contributed by atoms with Crippen LogP contribution in [0.25, 0.3) is 11.1 Å². The maximum atomic E-state index is 14.0. The van der Waals surface area contributed by atoms with Crippen LogP contribution in [0, 0.1) is 18.7 Å². The highest BCUT2D eigenvalue weighted by Gasteiger charge is 2.28. The van der Waals surface area contributed by atoms with Crippen LogP contribution in [0.3, 0.4) is 0 Å². The first kappa shape index (κ1) is 27.1. The SMILES string of the molecule is COc1c(C(=O)O)ccc2c1CCCC(c1ccc(F)cc1C)=C2c1ccc(CC2CN(CCCF)C2)cc1. The van der Waals surface area contributed by atoms with E-state index in [1.807, 2.05) is 19.1 Å². The summed E-state index contributed by atoms with van der Waals surface area (Å²) in [6.07, 6.45) is 3.88. The molecule has 3 aromatic carbocycles. The van der Waals surface area contributed by atoms with Gasteiger partial charge in [-0.1, -0.05) is 36.4 Å². The van der Waals surface area contributed by atoms with Gasteiger partial charge in [-0.2, -0.15) is 0 Å². The zero-order chi connectivity index (χ0) is 27.5. The number of aromatic carboxylic acids is 1. The van der Waals surface area contributed by atoms with Crippen molar-refractivity contribution in [2.75, 3.05) is 33.4 Å². The van der Waals surface area contributed by atoms with Crippen LogP contribution in [0.2, 0.25) is 0 Å². The Bertz CT molecular complexity index is 1390. The quantitative estimate of drug-likeness (QED) is 0.324. The number of carbonyl (C=O) groups is 1. The molecule has 39 heavy (non-hydrogen) atoms. The Morgan fingerprint density at radius 1 is 1.05 bits per heavy atom. The number of aryl methyl sites for hydroxylation is 1. The number of rotatable bonds is 9. The van der Waals surface area contributed by atoms with Gasteiger partial charge in [-0.3, -0.25) is 4.39 Å². The number of alkyl halides is 1. The van der Waals surface area contributed by atoms with E-state index in [1.165, 1.54) is 18.7 Å². The lowest BCUT2D eigenvalue weighted by Crippen LogP contribution is -2.47. The van der Waals surface area contributed by atoms with Gasteiger partial charge in [-0.05, 0) is 102 Å². The van der Waals surface area contributed by atoms with Crippen molar-refractivity contribution in [3.8, 4) is 5.75 Å². The number of hydrogen-bond acceptors (Lipinski definition) is 3. The van der Waals surface area contributed by atoms with Gasteiger partial charge in [0.15, 0.2) is 0 Å². The van der Waals surface area contributed by atoms with Crippen LogP contribution in [0.1, 0.15) is 63.0 Å². The fraction of sp³-hybridized carbons (Fsp3) is 0.364. The molecule has 1 aliphatic carbocycles. The van der Waals surface area contributed by atoms with E-state index >= 15 is 0 Å². The van der Waals surface area contributed by atoms with E-state index < -0.39 is 5.97 Å². The molecule has 0 atom stereocenters. The van der Waals surface area contributed by atoms with Crippen molar-refractivity contribution in [1.29, 1.82) is 0 Å². The molecular weight excluding hydrogens is 496 g/mol. The second-order valence-electron chi connectivity index (χ2n) is 10.7. The van der Waals surface area contributed by atoms with E-state index in [0.717, 1.165) is 77.9 Å². The van der Waals surface area contributed by atoms with Crippen molar-refractivity contribution in [2.24, 2.45) is 5.92 Å². The minimum atomic E-state index is -1.01. The third-order valence-electron chi connectivity index (χ3n) is 8.04. The lowest BCUT2D eigenvalue weighted by Gasteiger charge is -2.39. The molecule has 1 aliphatic heterocycles. The van der Waals surface area contributed by atoms with E-state index in [1.54, 1.807) is 12.1 Å². The van der Waals surface area contributed by atoms with Gasteiger partial charge in [0, 0.05) is 25.2 Å². The maximum absolute atomic E-state index is 14.0. The molecule has 1 saturated heterocycles. The second kappa shape index (κ2) is 11.7. The summed E-state index contributed by atoms with van der Waals surface area (Å²) in [7, 11) is 1.52. The van der Waals surface area contributed by atoms with Crippen LogP contribution >= 0.6 is 0 Å². The summed E-state index contributed by atoms with van der Waals surface area (Å²) < 4.78 is 32.2. The van der Waals surface area contributed by atoms with Gasteiger partial charge in [0.1, 0.15) is 17.1 Å². The third-order valence-corrected chi connectivity index (χ3v) is 8.04. The van der Waals surface area contributed by atoms with Gasteiger partial charge >= 0.3 is 5.97 Å². The van der Waals surface area contributed by atoms with Gasteiger partial charge in [0.2, 0.25) is 0 Å². The molecule has 2 aliphatic rings. The van der Waals surface area contributed by atoms with Crippen LogP contribution in [-0.4, -0.2) is 49.4 Å². The first-order chi connectivity index (χ1) is 18.9. The summed E-state index contributed by atoms with van der Waals surface area (Å²) in [5.41, 5.74) is 8.38. The third kappa shape index (κ3) is 5.62. The van der Waals surface area contributed by atoms with Crippen LogP contribution in [0.4, 0.5) is 8.78 Å². The van der Waals surface area contributed by atoms with Gasteiger partial charge in [0.25, 0.3) is 0 Å². The number of carboxylic acids is 1. The smallest absolute Gasteiger partial charge is 0.339 e. The van der Waals surface area contributed by atoms with E-state index in [-0.39, 0.29) is 18.1 Å². The standard InChI is InChI=1S/C33H35F2NO3/c1-21-17-25(35)11-12-26(21)27-5-3-6-29-28(13-14-30(33(37)38)32(29)39-2)31(27)24-9-7-22(8-10-24)18-23-19-36(20-23)16-4-15-34/h7-14,17,23H,3-6,15-16,18-20H2,1-2H3,(H,37,38). The molecule has 0 saturated carbocycles. The van der Waals surface area contributed by atoms with Crippen molar-refractivity contribution >= 4 is 17.1 Å². The average Bonchev–Trinajstić information content (AvgIpc) is 3.09. The summed E-state index contributed by atoms with van der Waals surface area (Å²) in [6.45, 7) is 4.53. The number of methoxy groups -OCH3 is 1. The zero-order valence-corrected chi connectivity index (χ0v) is 22.6. The molecule has 4 nitrogen and oxygen atoms in total. The molecule has 0 spiro atoms. The molecule has 0 amide bonds. The van der Waals surface area contributed by atoms with Gasteiger partial charge in [-0.25, -0.2) is 9.18 Å². The predicted molar refractivity (Wildman–Crippen MR) is 151 cm³/mol. The number of fused-ring (bicyclic) bond motifs is 1. The first-order valence-corrected chi connectivity index (χ1v) is 13.7. The number of hydrogen-bond donors (Lipinski definition) is 1. The normalized spacial score (nSPS) is 16.0. The summed E-state index contributed by atoms with van der Waals surface area (Å²) in [5, 5.41) is 9.78. The summed E-state index contributed by atoms with van der Waals surface area (Å²) in [4.78, 5) is 14.3. The van der Waals surface area contributed by atoms with Gasteiger partial charge in [0.05, 0.1) is 13.8 Å². The summed E-state index contributed by atoms with van der Waals surface area (Å²) in [5.74, 6) is -0.274. The molecule has 3 aromatic rings. The Balaban J connectivity index is 1.56. The van der Waals surface area contributed by atoms with Crippen LogP contribution in [-0.2, 0) is 12.8 Å². The number of carboxylic acid groups (broad SMARTS) is 1. The number of allylic oxidation sites excluding steroid dienone is 1. The molecule has 1 N–H and O–H groups in total. The fourth-order valence-electron chi connectivity index (χ4n) is 6.22. The van der Waals surface area contributed by atoms with Crippen molar-refractivity contribution in [2.45, 2.75) is 39.0 Å². The Labute approximate surface area is 228 Å². The molecular formula is C33H35F2NO3. The number of benzene rings is 3. The van der Waals surface area contributed by atoms with Gasteiger partial charge in [-0.15, -0.1) is 0 Å². The Morgan fingerprint density at radius 3 is 2.46 bits per heavy atom. The topological polar surface area (TPSA) is 49.8 Å². The highest BCUT2D eigenvalue weighted by molar-refractivity contribution is 6.02. The Hall–Kier alpha value is -3.51. The largest absolute Gasteiger partial charge is 0.496 e. The first-order valence-electron chi connectivity index (χ1n) is 13.7. The minimum Gasteiger partial charge on any atom is -0.496 e. The maximum Gasteiger partial charge on any atom is 0.339 e.